The molecular weight excluding hydrogens is 332 g/mol. The lowest BCUT2D eigenvalue weighted by Crippen LogP contribution is -2.52. The molecule has 1 aromatic rings. The van der Waals surface area contributed by atoms with E-state index in [0.29, 0.717) is 32.2 Å². The van der Waals surface area contributed by atoms with E-state index in [0.717, 1.165) is 19.5 Å². The normalized spacial score (nSPS) is 23.5. The summed E-state index contributed by atoms with van der Waals surface area (Å²) < 4.78 is 27.2. The first-order valence-corrected chi connectivity index (χ1v) is 9.54. The van der Waals surface area contributed by atoms with E-state index >= 15 is 0 Å². The Morgan fingerprint density at radius 1 is 1.25 bits per heavy atom. The molecule has 2 heterocycles. The summed E-state index contributed by atoms with van der Waals surface area (Å²) in [6.07, 6.45) is 1.09. The summed E-state index contributed by atoms with van der Waals surface area (Å²) in [7, 11) is -3.71. The molecule has 24 heavy (non-hydrogen) atoms. The van der Waals surface area contributed by atoms with Crippen LogP contribution in [-0.4, -0.2) is 67.9 Å². The van der Waals surface area contributed by atoms with Crippen LogP contribution in [0.4, 0.5) is 5.69 Å². The molecule has 1 atom stereocenters. The smallest absolute Gasteiger partial charge is 0.273 e. The first-order valence-electron chi connectivity index (χ1n) is 8.10. The molecular formula is C15H22N4O4S. The molecule has 0 spiro atoms. The van der Waals surface area contributed by atoms with Crippen LogP contribution < -0.4 is 5.32 Å². The number of nitro benzene ring substituents is 1. The van der Waals surface area contributed by atoms with E-state index in [2.05, 4.69) is 10.2 Å². The summed E-state index contributed by atoms with van der Waals surface area (Å²) in [5.41, 5.74) is 0.0386. The van der Waals surface area contributed by atoms with Gasteiger partial charge in [0.25, 0.3) is 5.69 Å². The predicted octanol–water partition coefficient (Wildman–Crippen LogP) is 0.571. The number of piperazine rings is 1. The average Bonchev–Trinajstić information content (AvgIpc) is 3.09. The Bertz CT molecular complexity index is 723. The molecule has 0 amide bonds. The van der Waals surface area contributed by atoms with Crippen molar-refractivity contribution < 1.29 is 13.3 Å². The maximum Gasteiger partial charge on any atom is 0.273 e. The number of benzene rings is 1. The number of nitrogens with zero attached hydrogens (tertiary/aromatic N) is 3. The van der Waals surface area contributed by atoms with Gasteiger partial charge in [0.2, 0.25) is 10.0 Å². The Balaban J connectivity index is 1.77. The van der Waals surface area contributed by atoms with Gasteiger partial charge in [0.1, 0.15) is 0 Å². The highest BCUT2D eigenvalue weighted by molar-refractivity contribution is 7.89. The van der Waals surface area contributed by atoms with Crippen LogP contribution in [0.3, 0.4) is 0 Å². The summed E-state index contributed by atoms with van der Waals surface area (Å²) in [5, 5.41) is 14.4. The minimum Gasteiger partial charge on any atom is -0.315 e. The van der Waals surface area contributed by atoms with Crippen LogP contribution in [0, 0.1) is 17.0 Å². The Morgan fingerprint density at radius 2 is 1.96 bits per heavy atom. The van der Waals surface area contributed by atoms with Crippen molar-refractivity contribution >= 4 is 15.7 Å². The fourth-order valence-corrected chi connectivity index (χ4v) is 5.14. The van der Waals surface area contributed by atoms with Crippen LogP contribution in [0.15, 0.2) is 23.1 Å². The van der Waals surface area contributed by atoms with Crippen LogP contribution in [0.2, 0.25) is 0 Å². The van der Waals surface area contributed by atoms with Crippen molar-refractivity contribution in [3.8, 4) is 0 Å². The zero-order valence-corrected chi connectivity index (χ0v) is 14.5. The van der Waals surface area contributed by atoms with Gasteiger partial charge in [-0.05, 0) is 26.0 Å². The van der Waals surface area contributed by atoms with Crippen LogP contribution in [0.25, 0.3) is 0 Å². The molecule has 3 rings (SSSR count). The third-order valence-electron chi connectivity index (χ3n) is 4.89. The van der Waals surface area contributed by atoms with Gasteiger partial charge in [0.15, 0.2) is 0 Å². The van der Waals surface area contributed by atoms with Crippen molar-refractivity contribution in [3.63, 3.8) is 0 Å². The molecule has 8 nitrogen and oxygen atoms in total. The number of hydrogen-bond acceptors (Lipinski definition) is 6. The summed E-state index contributed by atoms with van der Waals surface area (Å²) >= 11 is 0. The summed E-state index contributed by atoms with van der Waals surface area (Å²) in [5.74, 6) is 0. The van der Waals surface area contributed by atoms with Crippen molar-refractivity contribution in [2.75, 3.05) is 39.3 Å². The van der Waals surface area contributed by atoms with Crippen molar-refractivity contribution in [1.82, 2.24) is 14.5 Å². The van der Waals surface area contributed by atoms with Crippen molar-refractivity contribution in [1.29, 1.82) is 0 Å². The molecule has 0 radical (unpaired) electrons. The van der Waals surface area contributed by atoms with E-state index < -0.39 is 14.9 Å². The van der Waals surface area contributed by atoms with Gasteiger partial charge >= 0.3 is 0 Å². The van der Waals surface area contributed by atoms with Gasteiger partial charge < -0.3 is 5.32 Å². The number of sulfonamides is 1. The molecule has 0 bridgehead atoms. The van der Waals surface area contributed by atoms with E-state index in [1.807, 2.05) is 0 Å². The summed E-state index contributed by atoms with van der Waals surface area (Å²) in [4.78, 5) is 12.9. The Morgan fingerprint density at radius 3 is 2.54 bits per heavy atom. The molecule has 2 aliphatic rings. The monoisotopic (exact) mass is 354 g/mol. The Labute approximate surface area is 141 Å². The summed E-state index contributed by atoms with van der Waals surface area (Å²) in [6.45, 7) is 5.68. The maximum absolute atomic E-state index is 12.9. The van der Waals surface area contributed by atoms with Gasteiger partial charge in [-0.1, -0.05) is 6.07 Å². The third-order valence-corrected chi connectivity index (χ3v) is 6.94. The molecule has 0 saturated carbocycles. The fraction of sp³-hybridized carbons (Fsp3) is 0.600. The molecule has 0 aliphatic carbocycles. The number of nitro groups is 1. The SMILES string of the molecule is Cc1c([N+](=O)[O-])cccc1S(=O)(=O)N1CCN(C2CCNC2)CC1. The van der Waals surface area contributed by atoms with E-state index in [9.17, 15) is 18.5 Å². The molecule has 1 N–H and O–H groups in total. The molecule has 1 unspecified atom stereocenters. The van der Waals surface area contributed by atoms with Crippen molar-refractivity contribution in [2.45, 2.75) is 24.3 Å². The summed E-state index contributed by atoms with van der Waals surface area (Å²) in [6, 6.07) is 4.69. The second-order valence-corrected chi connectivity index (χ2v) is 8.15. The highest BCUT2D eigenvalue weighted by Crippen LogP contribution is 2.28. The van der Waals surface area contributed by atoms with Gasteiger partial charge in [-0.2, -0.15) is 4.31 Å². The molecule has 9 heteroatoms. The van der Waals surface area contributed by atoms with Crippen LogP contribution >= 0.6 is 0 Å². The molecule has 0 aromatic heterocycles. The topological polar surface area (TPSA) is 95.8 Å². The molecule has 132 valence electrons. The van der Waals surface area contributed by atoms with Crippen LogP contribution in [-0.2, 0) is 10.0 Å². The van der Waals surface area contributed by atoms with Gasteiger partial charge in [0.05, 0.1) is 9.82 Å². The van der Waals surface area contributed by atoms with Crippen molar-refractivity contribution in [2.24, 2.45) is 0 Å². The lowest BCUT2D eigenvalue weighted by molar-refractivity contribution is -0.385. The van der Waals surface area contributed by atoms with Gasteiger partial charge in [0, 0.05) is 50.4 Å². The third kappa shape index (κ3) is 3.16. The predicted molar refractivity (Wildman–Crippen MR) is 89.4 cm³/mol. The van der Waals surface area contributed by atoms with Crippen LogP contribution in [0.1, 0.15) is 12.0 Å². The first kappa shape index (κ1) is 17.3. The largest absolute Gasteiger partial charge is 0.315 e. The highest BCUT2D eigenvalue weighted by Gasteiger charge is 2.33. The lowest BCUT2D eigenvalue weighted by Gasteiger charge is -2.37. The lowest BCUT2D eigenvalue weighted by atomic mass is 10.2. The van der Waals surface area contributed by atoms with Gasteiger partial charge in [-0.3, -0.25) is 15.0 Å². The van der Waals surface area contributed by atoms with Crippen LogP contribution in [0.5, 0.6) is 0 Å². The minimum atomic E-state index is -3.71. The molecule has 1 aromatic carbocycles. The molecule has 2 saturated heterocycles. The zero-order chi connectivity index (χ0) is 17.3. The number of nitrogens with one attached hydrogen (secondary N) is 1. The molecule has 2 aliphatic heterocycles. The van der Waals surface area contributed by atoms with E-state index in [1.54, 1.807) is 0 Å². The average molecular weight is 354 g/mol. The first-order chi connectivity index (χ1) is 11.4. The minimum absolute atomic E-state index is 0.0349. The van der Waals surface area contributed by atoms with E-state index in [-0.39, 0.29) is 16.1 Å². The quantitative estimate of drug-likeness (QED) is 0.627. The second kappa shape index (κ2) is 6.75. The standard InChI is InChI=1S/C15H22N4O4S/c1-12-14(19(20)21)3-2-4-15(12)24(22,23)18-9-7-17(8-10-18)13-5-6-16-11-13/h2-4,13,16H,5-11H2,1H3. The fourth-order valence-electron chi connectivity index (χ4n) is 3.48. The Kier molecular flexibility index (Phi) is 4.86. The Hall–Kier alpha value is -1.55. The maximum atomic E-state index is 12.9. The van der Waals surface area contributed by atoms with Gasteiger partial charge in [-0.25, -0.2) is 8.42 Å². The number of rotatable bonds is 4. The molecule has 2 fully saturated rings. The number of hydrogen-bond donors (Lipinski definition) is 1. The van der Waals surface area contributed by atoms with E-state index in [1.165, 1.54) is 29.4 Å². The van der Waals surface area contributed by atoms with E-state index in [4.69, 9.17) is 0 Å². The second-order valence-electron chi connectivity index (χ2n) is 6.24. The van der Waals surface area contributed by atoms with Crippen molar-refractivity contribution in [3.05, 3.63) is 33.9 Å². The zero-order valence-electron chi connectivity index (χ0n) is 13.6. The van der Waals surface area contributed by atoms with Gasteiger partial charge in [-0.15, -0.1) is 0 Å². The highest BCUT2D eigenvalue weighted by atomic mass is 32.2.